The Hall–Kier alpha value is -1.38. The molecule has 3 heteroatoms. The van der Waals surface area contributed by atoms with Gasteiger partial charge in [0.2, 0.25) is 0 Å². The Morgan fingerprint density at radius 2 is 1.92 bits per heavy atom. The fraction of sp³-hybridized carbons (Fsp3) is 0.400. The second kappa shape index (κ2) is 3.17. The zero-order chi connectivity index (χ0) is 10.1. The molecule has 0 amide bonds. The molecule has 0 aromatic heterocycles. The van der Waals surface area contributed by atoms with Gasteiger partial charge in [0, 0.05) is 12.1 Å². The summed E-state index contributed by atoms with van der Waals surface area (Å²) in [6.45, 7) is 6.10. The lowest BCUT2D eigenvalue weighted by Crippen LogP contribution is -2.10. The Morgan fingerprint density at radius 3 is 2.38 bits per heavy atom. The molecule has 0 unspecified atom stereocenters. The number of hydrogen-bond donors (Lipinski definition) is 0. The molecule has 0 spiro atoms. The van der Waals surface area contributed by atoms with Gasteiger partial charge >= 0.3 is 0 Å². The van der Waals surface area contributed by atoms with Crippen LogP contribution in [0.25, 0.3) is 0 Å². The van der Waals surface area contributed by atoms with Crippen LogP contribution in [0.4, 0.5) is 5.69 Å². The largest absolute Gasteiger partial charge is 0.269 e. The normalized spacial score (nSPS) is 11.3. The molecular formula is C10H13NO2. The van der Waals surface area contributed by atoms with Gasteiger partial charge in [0.1, 0.15) is 0 Å². The molecule has 70 valence electrons. The summed E-state index contributed by atoms with van der Waals surface area (Å²) in [5, 5.41) is 10.5. The number of nitro groups is 1. The molecule has 1 rings (SSSR count). The van der Waals surface area contributed by atoms with E-state index < -0.39 is 0 Å². The van der Waals surface area contributed by atoms with Gasteiger partial charge in [0.25, 0.3) is 5.69 Å². The number of rotatable bonds is 1. The Bertz CT molecular complexity index is 326. The molecule has 1 aromatic carbocycles. The van der Waals surface area contributed by atoms with E-state index in [9.17, 15) is 10.1 Å². The third kappa shape index (κ3) is 2.28. The minimum absolute atomic E-state index is 0.0357. The van der Waals surface area contributed by atoms with Crippen molar-refractivity contribution in [3.8, 4) is 0 Å². The molecule has 0 radical (unpaired) electrons. The van der Waals surface area contributed by atoms with Crippen molar-refractivity contribution in [1.29, 1.82) is 0 Å². The smallest absolute Gasteiger partial charge is 0.258 e. The maximum atomic E-state index is 10.5. The topological polar surface area (TPSA) is 43.1 Å². The highest BCUT2D eigenvalue weighted by atomic mass is 16.6. The summed E-state index contributed by atoms with van der Waals surface area (Å²) in [7, 11) is 0. The van der Waals surface area contributed by atoms with Crippen LogP contribution < -0.4 is 0 Å². The lowest BCUT2D eigenvalue weighted by molar-refractivity contribution is -0.385. The van der Waals surface area contributed by atoms with Crippen molar-refractivity contribution in [1.82, 2.24) is 0 Å². The Balaban J connectivity index is 3.13. The van der Waals surface area contributed by atoms with Crippen LogP contribution in [0.5, 0.6) is 0 Å². The van der Waals surface area contributed by atoms with Gasteiger partial charge in [-0.1, -0.05) is 32.9 Å². The lowest BCUT2D eigenvalue weighted by Gasteiger charge is -2.18. The lowest BCUT2D eigenvalue weighted by atomic mass is 9.87. The molecule has 0 heterocycles. The van der Waals surface area contributed by atoms with Crippen molar-refractivity contribution in [3.05, 3.63) is 39.9 Å². The highest BCUT2D eigenvalue weighted by Gasteiger charge is 2.16. The summed E-state index contributed by atoms with van der Waals surface area (Å²) < 4.78 is 0. The number of nitrogens with zero attached hydrogens (tertiary/aromatic N) is 1. The summed E-state index contributed by atoms with van der Waals surface area (Å²) in [6.07, 6.45) is 0. The summed E-state index contributed by atoms with van der Waals surface area (Å²) in [6, 6.07) is 6.76. The fourth-order valence-corrected chi connectivity index (χ4v) is 1.09. The third-order valence-corrected chi connectivity index (χ3v) is 1.92. The van der Waals surface area contributed by atoms with Crippen LogP contribution in [-0.2, 0) is 5.41 Å². The summed E-state index contributed by atoms with van der Waals surface area (Å²) >= 11 is 0. The quantitative estimate of drug-likeness (QED) is 0.491. The van der Waals surface area contributed by atoms with E-state index >= 15 is 0 Å². The average Bonchev–Trinajstić information content (AvgIpc) is 2.03. The van der Waals surface area contributed by atoms with E-state index in [0.29, 0.717) is 0 Å². The van der Waals surface area contributed by atoms with Gasteiger partial charge in [-0.25, -0.2) is 0 Å². The van der Waals surface area contributed by atoms with E-state index in [1.165, 1.54) is 6.07 Å². The van der Waals surface area contributed by atoms with E-state index in [1.54, 1.807) is 12.1 Å². The first-order valence-electron chi connectivity index (χ1n) is 4.16. The molecule has 13 heavy (non-hydrogen) atoms. The van der Waals surface area contributed by atoms with Crippen LogP contribution in [0.2, 0.25) is 0 Å². The maximum absolute atomic E-state index is 10.5. The van der Waals surface area contributed by atoms with Crippen molar-refractivity contribution in [3.63, 3.8) is 0 Å². The average molecular weight is 179 g/mol. The molecule has 0 aliphatic heterocycles. The van der Waals surface area contributed by atoms with E-state index in [1.807, 2.05) is 26.8 Å². The predicted octanol–water partition coefficient (Wildman–Crippen LogP) is 2.89. The molecule has 3 nitrogen and oxygen atoms in total. The minimum atomic E-state index is -0.366. The molecule has 0 bridgehead atoms. The van der Waals surface area contributed by atoms with Crippen LogP contribution in [0.3, 0.4) is 0 Å². The van der Waals surface area contributed by atoms with Gasteiger partial charge in [0.05, 0.1) is 4.92 Å². The molecular weight excluding hydrogens is 166 g/mol. The first-order valence-corrected chi connectivity index (χ1v) is 4.16. The highest BCUT2D eigenvalue weighted by Crippen LogP contribution is 2.25. The molecule has 0 fully saturated rings. The maximum Gasteiger partial charge on any atom is 0.269 e. The molecule has 0 aliphatic rings. The van der Waals surface area contributed by atoms with Gasteiger partial charge in [0.15, 0.2) is 0 Å². The van der Waals surface area contributed by atoms with E-state index in [-0.39, 0.29) is 16.0 Å². The van der Waals surface area contributed by atoms with Crippen molar-refractivity contribution in [2.24, 2.45) is 0 Å². The van der Waals surface area contributed by atoms with Crippen molar-refractivity contribution in [2.45, 2.75) is 26.2 Å². The van der Waals surface area contributed by atoms with E-state index in [0.717, 1.165) is 5.56 Å². The standard InChI is InChI=1S/C10H13NO2/c1-10(2,3)8-5-4-6-9(7-8)11(12)13/h4-7H,1-3H3. The molecule has 0 atom stereocenters. The first-order chi connectivity index (χ1) is 5.91. The predicted molar refractivity (Wildman–Crippen MR) is 51.8 cm³/mol. The van der Waals surface area contributed by atoms with Crippen LogP contribution in [-0.4, -0.2) is 4.92 Å². The van der Waals surface area contributed by atoms with Crippen LogP contribution in [0.1, 0.15) is 26.3 Å². The van der Waals surface area contributed by atoms with Gasteiger partial charge in [-0.05, 0) is 11.0 Å². The number of benzene rings is 1. The Kier molecular flexibility index (Phi) is 2.36. The zero-order valence-electron chi connectivity index (χ0n) is 8.07. The molecule has 1 aromatic rings. The summed E-state index contributed by atoms with van der Waals surface area (Å²) in [5.41, 5.74) is 1.11. The molecule has 0 saturated heterocycles. The zero-order valence-corrected chi connectivity index (χ0v) is 8.07. The fourth-order valence-electron chi connectivity index (χ4n) is 1.09. The molecule has 0 N–H and O–H groups in total. The molecule has 0 aliphatic carbocycles. The highest BCUT2D eigenvalue weighted by molar-refractivity contribution is 5.37. The second-order valence-corrected chi connectivity index (χ2v) is 4.06. The number of non-ortho nitro benzene ring substituents is 1. The van der Waals surface area contributed by atoms with Crippen molar-refractivity contribution >= 4 is 5.69 Å². The summed E-state index contributed by atoms with van der Waals surface area (Å²) in [5.74, 6) is 0. The van der Waals surface area contributed by atoms with Gasteiger partial charge < -0.3 is 0 Å². The van der Waals surface area contributed by atoms with Crippen LogP contribution >= 0.6 is 0 Å². The van der Waals surface area contributed by atoms with E-state index in [4.69, 9.17) is 0 Å². The van der Waals surface area contributed by atoms with Gasteiger partial charge in [-0.2, -0.15) is 0 Å². The monoisotopic (exact) mass is 179 g/mol. The van der Waals surface area contributed by atoms with Crippen molar-refractivity contribution in [2.75, 3.05) is 0 Å². The van der Waals surface area contributed by atoms with E-state index in [2.05, 4.69) is 0 Å². The second-order valence-electron chi connectivity index (χ2n) is 4.06. The molecule has 0 saturated carbocycles. The van der Waals surface area contributed by atoms with Gasteiger partial charge in [-0.15, -0.1) is 0 Å². The van der Waals surface area contributed by atoms with Crippen LogP contribution in [0, 0.1) is 10.1 Å². The Labute approximate surface area is 77.5 Å². The third-order valence-electron chi connectivity index (χ3n) is 1.92. The SMILES string of the molecule is CC(C)(C)c1cccc([N+](=O)[O-])c1. The Morgan fingerprint density at radius 1 is 1.31 bits per heavy atom. The number of hydrogen-bond acceptors (Lipinski definition) is 2. The first kappa shape index (κ1) is 9.71. The van der Waals surface area contributed by atoms with Crippen LogP contribution in [0.15, 0.2) is 24.3 Å². The summed E-state index contributed by atoms with van der Waals surface area (Å²) in [4.78, 5) is 10.1. The van der Waals surface area contributed by atoms with Gasteiger partial charge in [-0.3, -0.25) is 10.1 Å². The van der Waals surface area contributed by atoms with Crippen molar-refractivity contribution < 1.29 is 4.92 Å². The number of nitro benzene ring substituents is 1. The minimum Gasteiger partial charge on any atom is -0.258 e.